The van der Waals surface area contributed by atoms with E-state index in [1.807, 2.05) is 45.2 Å². The van der Waals surface area contributed by atoms with Gasteiger partial charge in [0, 0.05) is 22.4 Å². The van der Waals surface area contributed by atoms with Crippen LogP contribution >= 0.6 is 67.8 Å². The summed E-state index contributed by atoms with van der Waals surface area (Å²) in [6, 6.07) is 1.80. The molecule has 0 heterocycles. The van der Waals surface area contributed by atoms with Crippen LogP contribution in [0.25, 0.3) is 6.08 Å². The minimum Gasteiger partial charge on any atom is -0.478 e. The quantitative estimate of drug-likeness (QED) is 0.435. The maximum atomic E-state index is 11.3. The largest absolute Gasteiger partial charge is 0.478 e. The molecule has 0 fully saturated rings. The van der Waals surface area contributed by atoms with Gasteiger partial charge in [0.05, 0.1) is 5.56 Å². The molecule has 0 aliphatic heterocycles. The van der Waals surface area contributed by atoms with E-state index in [-0.39, 0.29) is 0 Å². The van der Waals surface area contributed by atoms with Gasteiger partial charge in [0.25, 0.3) is 5.91 Å². The maximum absolute atomic E-state index is 11.3. The molecule has 0 spiro atoms. The zero-order valence-electron chi connectivity index (χ0n) is 8.21. The number of carbonyl (C=O) groups is 2. The number of benzene rings is 1. The van der Waals surface area contributed by atoms with E-state index < -0.39 is 11.9 Å². The Hall–Kier alpha value is 0.0900. The molecule has 1 aromatic rings. The fourth-order valence-electron chi connectivity index (χ4n) is 1.14. The predicted octanol–water partition coefficient (Wildman–Crippen LogP) is 2.70. The molecule has 0 unspecified atom stereocenters. The fourth-order valence-corrected chi connectivity index (χ4v) is 5.40. The third-order valence-corrected chi connectivity index (χ3v) is 4.71. The number of primary amides is 1. The van der Waals surface area contributed by atoms with Gasteiger partial charge in [0.1, 0.15) is 0 Å². The molecule has 17 heavy (non-hydrogen) atoms. The highest BCUT2D eigenvalue weighted by Crippen LogP contribution is 2.28. The number of hydrogen-bond donors (Lipinski definition) is 2. The van der Waals surface area contributed by atoms with E-state index >= 15 is 0 Å². The summed E-state index contributed by atoms with van der Waals surface area (Å²) in [7, 11) is 0. The van der Waals surface area contributed by atoms with Crippen molar-refractivity contribution in [1.29, 1.82) is 0 Å². The Morgan fingerprint density at radius 1 is 1.24 bits per heavy atom. The highest BCUT2D eigenvalue weighted by atomic mass is 127. The van der Waals surface area contributed by atoms with E-state index in [0.29, 0.717) is 14.7 Å². The molecule has 3 N–H and O–H groups in total. The first-order chi connectivity index (χ1) is 7.84. The van der Waals surface area contributed by atoms with Crippen LogP contribution in [0.5, 0.6) is 0 Å². The van der Waals surface area contributed by atoms with E-state index in [0.717, 1.165) is 13.2 Å². The maximum Gasteiger partial charge on any atom is 0.328 e. The lowest BCUT2D eigenvalue weighted by molar-refractivity contribution is -0.131. The van der Waals surface area contributed by atoms with Gasteiger partial charge >= 0.3 is 5.97 Å². The molecule has 0 aromatic heterocycles. The Morgan fingerprint density at radius 3 is 2.29 bits per heavy atom. The lowest BCUT2D eigenvalue weighted by Gasteiger charge is -2.09. The van der Waals surface area contributed by atoms with Crippen LogP contribution < -0.4 is 5.73 Å². The van der Waals surface area contributed by atoms with E-state index in [1.54, 1.807) is 6.07 Å². The number of rotatable bonds is 3. The molecule has 4 nitrogen and oxygen atoms in total. The van der Waals surface area contributed by atoms with Crippen LogP contribution in [0.1, 0.15) is 15.9 Å². The summed E-state index contributed by atoms with van der Waals surface area (Å²) in [6.07, 6.45) is 2.51. The number of hydrogen-bond acceptors (Lipinski definition) is 2. The molecular weight excluding hydrogens is 563 g/mol. The first-order valence-electron chi connectivity index (χ1n) is 4.23. The zero-order valence-corrected chi connectivity index (χ0v) is 14.7. The number of halogens is 3. The molecule has 0 atom stereocenters. The van der Waals surface area contributed by atoms with Crippen LogP contribution in [-0.4, -0.2) is 17.0 Å². The third-order valence-electron chi connectivity index (χ3n) is 1.84. The number of carboxylic acids is 1. The van der Waals surface area contributed by atoms with E-state index in [2.05, 4.69) is 22.6 Å². The Labute approximate surface area is 138 Å². The van der Waals surface area contributed by atoms with Crippen LogP contribution in [0, 0.1) is 10.7 Å². The van der Waals surface area contributed by atoms with E-state index in [4.69, 9.17) is 10.8 Å². The summed E-state index contributed by atoms with van der Waals surface area (Å²) in [6.45, 7) is 0. The summed E-state index contributed by atoms with van der Waals surface area (Å²) in [5.74, 6) is -1.55. The highest BCUT2D eigenvalue weighted by Gasteiger charge is 2.16. The van der Waals surface area contributed by atoms with Crippen molar-refractivity contribution >= 4 is 85.7 Å². The lowest BCUT2D eigenvalue weighted by atomic mass is 10.1. The fraction of sp³-hybridized carbons (Fsp3) is 0. The average molecular weight is 569 g/mol. The predicted molar refractivity (Wildman–Crippen MR) is 89.8 cm³/mol. The van der Waals surface area contributed by atoms with Gasteiger partial charge in [-0.05, 0) is 79.9 Å². The summed E-state index contributed by atoms with van der Waals surface area (Å²) < 4.78 is 2.30. The minimum atomic E-state index is -1.03. The number of carbonyl (C=O) groups excluding carboxylic acids is 1. The monoisotopic (exact) mass is 569 g/mol. The van der Waals surface area contributed by atoms with Crippen LogP contribution in [0.3, 0.4) is 0 Å². The van der Waals surface area contributed by atoms with Gasteiger partial charge in [0.2, 0.25) is 0 Å². The molecule has 0 aliphatic rings. The van der Waals surface area contributed by atoms with Crippen LogP contribution in [0.4, 0.5) is 0 Å². The molecule has 1 aromatic carbocycles. The van der Waals surface area contributed by atoms with Gasteiger partial charge in [-0.1, -0.05) is 0 Å². The molecular formula is C10H6I3NO3. The second kappa shape index (κ2) is 6.31. The van der Waals surface area contributed by atoms with E-state index in [9.17, 15) is 9.59 Å². The molecule has 1 amide bonds. The van der Waals surface area contributed by atoms with Crippen molar-refractivity contribution in [3.63, 3.8) is 0 Å². The molecule has 0 aliphatic carbocycles. The molecule has 7 heteroatoms. The standard InChI is InChI=1S/C10H6I3NO3/c11-5-3-6(12)8(10(14)17)9(13)4(5)1-2-7(15)16/h1-3H,(H2,14,17)(H,15,16)/b2-1+. The van der Waals surface area contributed by atoms with Crippen molar-refractivity contribution < 1.29 is 14.7 Å². The van der Waals surface area contributed by atoms with Gasteiger partial charge in [-0.15, -0.1) is 0 Å². The van der Waals surface area contributed by atoms with Crippen molar-refractivity contribution in [2.75, 3.05) is 0 Å². The number of aliphatic carboxylic acids is 1. The minimum absolute atomic E-state index is 0.427. The summed E-state index contributed by atoms with van der Waals surface area (Å²) in [4.78, 5) is 21.8. The van der Waals surface area contributed by atoms with Crippen LogP contribution in [-0.2, 0) is 4.79 Å². The number of nitrogens with two attached hydrogens (primary N) is 1. The lowest BCUT2D eigenvalue weighted by Crippen LogP contribution is -2.16. The Balaban J connectivity index is 3.46. The number of carboxylic acid groups (broad SMARTS) is 1. The first-order valence-corrected chi connectivity index (χ1v) is 7.46. The smallest absolute Gasteiger partial charge is 0.328 e. The van der Waals surface area contributed by atoms with Crippen LogP contribution in [0.2, 0.25) is 0 Å². The Bertz CT molecular complexity index is 526. The Morgan fingerprint density at radius 2 is 1.82 bits per heavy atom. The van der Waals surface area contributed by atoms with Crippen molar-refractivity contribution in [2.45, 2.75) is 0 Å². The van der Waals surface area contributed by atoms with Crippen molar-refractivity contribution in [1.82, 2.24) is 0 Å². The van der Waals surface area contributed by atoms with Crippen molar-refractivity contribution in [3.8, 4) is 0 Å². The van der Waals surface area contributed by atoms with Gasteiger partial charge < -0.3 is 10.8 Å². The number of amides is 1. The van der Waals surface area contributed by atoms with Gasteiger partial charge in [-0.2, -0.15) is 0 Å². The molecule has 0 bridgehead atoms. The van der Waals surface area contributed by atoms with Gasteiger partial charge in [-0.3, -0.25) is 4.79 Å². The molecule has 0 saturated heterocycles. The van der Waals surface area contributed by atoms with Gasteiger partial charge in [0.15, 0.2) is 0 Å². The summed E-state index contributed by atoms with van der Waals surface area (Å²) in [5, 5.41) is 8.60. The second-order valence-electron chi connectivity index (χ2n) is 2.98. The first kappa shape index (κ1) is 15.1. The van der Waals surface area contributed by atoms with Crippen LogP contribution in [0.15, 0.2) is 12.1 Å². The molecule has 90 valence electrons. The highest BCUT2D eigenvalue weighted by molar-refractivity contribution is 14.1. The topological polar surface area (TPSA) is 80.4 Å². The SMILES string of the molecule is NC(=O)c1c(I)cc(I)c(/C=C/C(=O)O)c1I. The average Bonchev–Trinajstić information content (AvgIpc) is 2.14. The molecule has 1 rings (SSSR count). The van der Waals surface area contributed by atoms with E-state index in [1.165, 1.54) is 6.08 Å². The summed E-state index contributed by atoms with van der Waals surface area (Å²) in [5.41, 5.74) is 6.42. The van der Waals surface area contributed by atoms with Crippen molar-refractivity contribution in [3.05, 3.63) is 34.0 Å². The molecule has 0 saturated carbocycles. The third kappa shape index (κ3) is 3.77. The second-order valence-corrected chi connectivity index (χ2v) is 6.38. The normalized spacial score (nSPS) is 10.8. The molecule has 0 radical (unpaired) electrons. The summed E-state index contributed by atoms with van der Waals surface area (Å²) >= 11 is 6.13. The van der Waals surface area contributed by atoms with Crippen molar-refractivity contribution in [2.24, 2.45) is 5.73 Å². The van der Waals surface area contributed by atoms with Gasteiger partial charge in [-0.25, -0.2) is 4.79 Å². The zero-order chi connectivity index (χ0) is 13.2. The Kier molecular flexibility index (Phi) is 5.63.